The molecule has 0 aliphatic carbocycles. The minimum atomic E-state index is -3.92. The number of aromatic nitrogens is 2. The van der Waals surface area contributed by atoms with Crippen LogP contribution >= 0.6 is 27.3 Å². The summed E-state index contributed by atoms with van der Waals surface area (Å²) in [6, 6.07) is 3.78. The molecular weight excluding hydrogens is 382 g/mol. The quantitative estimate of drug-likeness (QED) is 0.691. The van der Waals surface area contributed by atoms with Crippen LogP contribution in [0.25, 0.3) is 0 Å². The fourth-order valence-electron chi connectivity index (χ4n) is 1.76. The fraction of sp³-hybridized carbons (Fsp3) is 0.273. The number of hydrogen-bond donors (Lipinski definition) is 3. The van der Waals surface area contributed by atoms with Gasteiger partial charge in [0.05, 0.1) is 9.48 Å². The summed E-state index contributed by atoms with van der Waals surface area (Å²) in [5, 5.41) is 14.9. The van der Waals surface area contributed by atoms with Crippen molar-refractivity contribution in [2.45, 2.75) is 18.2 Å². The van der Waals surface area contributed by atoms with E-state index in [0.29, 0.717) is 6.42 Å². The van der Waals surface area contributed by atoms with Gasteiger partial charge in [0.15, 0.2) is 5.69 Å². The van der Waals surface area contributed by atoms with Gasteiger partial charge in [-0.2, -0.15) is 5.10 Å². The van der Waals surface area contributed by atoms with Crippen LogP contribution in [0.5, 0.6) is 0 Å². The Kier molecular flexibility index (Phi) is 4.81. The van der Waals surface area contributed by atoms with Crippen LogP contribution in [-0.2, 0) is 16.4 Å². The highest BCUT2D eigenvalue weighted by Gasteiger charge is 2.27. The number of nitrogens with zero attached hydrogens (tertiary/aromatic N) is 1. The molecule has 2 aromatic rings. The van der Waals surface area contributed by atoms with Gasteiger partial charge in [0.2, 0.25) is 10.0 Å². The van der Waals surface area contributed by atoms with E-state index in [1.807, 2.05) is 12.1 Å². The molecule has 2 aromatic heterocycles. The Morgan fingerprint density at radius 3 is 2.81 bits per heavy atom. The van der Waals surface area contributed by atoms with Crippen LogP contribution in [0.2, 0.25) is 0 Å². The van der Waals surface area contributed by atoms with E-state index in [9.17, 15) is 13.2 Å². The number of aromatic amines is 1. The smallest absolute Gasteiger partial charge is 0.357 e. The van der Waals surface area contributed by atoms with Gasteiger partial charge in [-0.3, -0.25) is 5.10 Å². The molecule has 0 fully saturated rings. The number of rotatable bonds is 6. The van der Waals surface area contributed by atoms with Gasteiger partial charge < -0.3 is 5.11 Å². The summed E-state index contributed by atoms with van der Waals surface area (Å²) >= 11 is 4.85. The first-order valence-corrected chi connectivity index (χ1v) is 8.92. The predicted molar refractivity (Wildman–Crippen MR) is 81.2 cm³/mol. The Bertz CT molecular complexity index is 766. The normalized spacial score (nSPS) is 11.7. The first kappa shape index (κ1) is 16.1. The molecular formula is C11H12BrN3O4S2. The van der Waals surface area contributed by atoms with Crippen LogP contribution in [0.1, 0.15) is 21.1 Å². The van der Waals surface area contributed by atoms with Gasteiger partial charge in [-0.1, -0.05) is 0 Å². The molecule has 21 heavy (non-hydrogen) atoms. The Balaban J connectivity index is 2.12. The predicted octanol–water partition coefficient (Wildman–Crippen LogP) is 1.76. The van der Waals surface area contributed by atoms with Crippen molar-refractivity contribution in [3.05, 3.63) is 32.2 Å². The molecule has 0 radical (unpaired) electrons. The minimum Gasteiger partial charge on any atom is -0.476 e. The molecule has 0 amide bonds. The summed E-state index contributed by atoms with van der Waals surface area (Å²) in [7, 11) is -3.92. The first-order valence-electron chi connectivity index (χ1n) is 5.83. The minimum absolute atomic E-state index is 0.180. The van der Waals surface area contributed by atoms with E-state index < -0.39 is 21.7 Å². The van der Waals surface area contributed by atoms with Gasteiger partial charge in [0, 0.05) is 11.4 Å². The molecule has 0 bridgehead atoms. The number of hydrogen-bond acceptors (Lipinski definition) is 5. The van der Waals surface area contributed by atoms with Crippen LogP contribution in [-0.4, -0.2) is 36.2 Å². The van der Waals surface area contributed by atoms with E-state index in [4.69, 9.17) is 5.11 Å². The molecule has 0 saturated heterocycles. The summed E-state index contributed by atoms with van der Waals surface area (Å²) in [6.45, 7) is 1.64. The van der Waals surface area contributed by atoms with Crippen molar-refractivity contribution >= 4 is 43.3 Å². The highest BCUT2D eigenvalue weighted by molar-refractivity contribution is 9.11. The van der Waals surface area contributed by atoms with Crippen LogP contribution in [0.15, 0.2) is 20.8 Å². The monoisotopic (exact) mass is 393 g/mol. The Hall–Kier alpha value is -1.23. The van der Waals surface area contributed by atoms with Crippen molar-refractivity contribution in [3.63, 3.8) is 0 Å². The van der Waals surface area contributed by atoms with Gasteiger partial charge in [0.1, 0.15) is 4.90 Å². The van der Waals surface area contributed by atoms with Gasteiger partial charge >= 0.3 is 5.97 Å². The van der Waals surface area contributed by atoms with E-state index >= 15 is 0 Å². The van der Waals surface area contributed by atoms with Gasteiger partial charge in [-0.05, 0) is 41.4 Å². The molecule has 7 nitrogen and oxygen atoms in total. The third kappa shape index (κ3) is 3.70. The molecule has 10 heteroatoms. The lowest BCUT2D eigenvalue weighted by molar-refractivity contribution is 0.0686. The highest BCUT2D eigenvalue weighted by atomic mass is 79.9. The molecule has 3 N–H and O–H groups in total. The molecule has 0 spiro atoms. The Morgan fingerprint density at radius 1 is 1.52 bits per heavy atom. The third-order valence-corrected chi connectivity index (χ3v) is 5.96. The molecule has 0 atom stereocenters. The second-order valence-corrected chi connectivity index (χ2v) is 8.44. The first-order chi connectivity index (χ1) is 9.81. The zero-order valence-corrected chi connectivity index (χ0v) is 14.1. The maximum Gasteiger partial charge on any atom is 0.357 e. The molecule has 114 valence electrons. The van der Waals surface area contributed by atoms with Gasteiger partial charge in [-0.15, -0.1) is 11.3 Å². The van der Waals surface area contributed by atoms with Crippen molar-refractivity contribution in [2.75, 3.05) is 6.54 Å². The molecule has 2 heterocycles. The standard InChI is InChI=1S/C11H12BrN3O4S2/c1-6-10(9(11(16)17)15-14-6)21(18,19)13-5-4-7-2-3-8(12)20-7/h2-3,13H,4-5H2,1H3,(H,14,15)(H,16,17). The Morgan fingerprint density at radius 2 is 2.24 bits per heavy atom. The topological polar surface area (TPSA) is 112 Å². The number of aryl methyl sites for hydroxylation is 1. The number of nitrogens with one attached hydrogen (secondary N) is 2. The van der Waals surface area contributed by atoms with Crippen LogP contribution in [0, 0.1) is 6.92 Å². The largest absolute Gasteiger partial charge is 0.476 e. The number of aromatic carboxylic acids is 1. The zero-order valence-electron chi connectivity index (χ0n) is 10.9. The average Bonchev–Trinajstić information content (AvgIpc) is 2.95. The van der Waals surface area contributed by atoms with Gasteiger partial charge in [0.25, 0.3) is 0 Å². The third-order valence-electron chi connectivity index (χ3n) is 2.65. The van der Waals surface area contributed by atoms with E-state index in [1.165, 1.54) is 18.3 Å². The summed E-state index contributed by atoms with van der Waals surface area (Å²) in [5.41, 5.74) is -0.308. The van der Waals surface area contributed by atoms with E-state index in [-0.39, 0.29) is 17.1 Å². The lowest BCUT2D eigenvalue weighted by Crippen LogP contribution is -2.27. The second-order valence-electron chi connectivity index (χ2n) is 4.19. The summed E-state index contributed by atoms with van der Waals surface area (Å²) in [4.78, 5) is 11.7. The van der Waals surface area contributed by atoms with Crippen molar-refractivity contribution in [2.24, 2.45) is 0 Å². The van der Waals surface area contributed by atoms with Crippen molar-refractivity contribution in [3.8, 4) is 0 Å². The average molecular weight is 394 g/mol. The van der Waals surface area contributed by atoms with Crippen LogP contribution in [0.3, 0.4) is 0 Å². The number of carboxylic acids is 1. The fourth-order valence-corrected chi connectivity index (χ4v) is 4.59. The molecule has 0 aromatic carbocycles. The summed E-state index contributed by atoms with van der Waals surface area (Å²) in [5.74, 6) is -1.39. The molecule has 0 saturated carbocycles. The molecule has 2 rings (SSSR count). The summed E-state index contributed by atoms with van der Waals surface area (Å²) < 4.78 is 27.8. The van der Waals surface area contributed by atoms with E-state index in [2.05, 4.69) is 30.8 Å². The lowest BCUT2D eigenvalue weighted by Gasteiger charge is -2.06. The number of sulfonamides is 1. The van der Waals surface area contributed by atoms with E-state index in [0.717, 1.165) is 8.66 Å². The van der Waals surface area contributed by atoms with Crippen molar-refractivity contribution in [1.82, 2.24) is 14.9 Å². The van der Waals surface area contributed by atoms with Gasteiger partial charge in [-0.25, -0.2) is 17.9 Å². The SMILES string of the molecule is Cc1[nH]nc(C(=O)O)c1S(=O)(=O)NCCc1ccc(Br)s1. The zero-order chi connectivity index (χ0) is 15.6. The lowest BCUT2D eigenvalue weighted by atomic mass is 10.3. The van der Waals surface area contributed by atoms with Crippen molar-refractivity contribution < 1.29 is 18.3 Å². The molecule has 0 unspecified atom stereocenters. The highest BCUT2D eigenvalue weighted by Crippen LogP contribution is 2.22. The summed E-state index contributed by atoms with van der Waals surface area (Å²) in [6.07, 6.45) is 0.523. The van der Waals surface area contributed by atoms with Crippen molar-refractivity contribution in [1.29, 1.82) is 0 Å². The van der Waals surface area contributed by atoms with Crippen LogP contribution < -0.4 is 4.72 Å². The maximum absolute atomic E-state index is 12.2. The number of H-pyrrole nitrogens is 1. The second kappa shape index (κ2) is 6.26. The number of carboxylic acid groups (broad SMARTS) is 1. The maximum atomic E-state index is 12.2. The Labute approximate surface area is 133 Å². The molecule has 0 aliphatic rings. The van der Waals surface area contributed by atoms with E-state index in [1.54, 1.807) is 0 Å². The van der Waals surface area contributed by atoms with Crippen LogP contribution in [0.4, 0.5) is 0 Å². The number of halogens is 1. The molecule has 0 aliphatic heterocycles. The number of carbonyl (C=O) groups is 1. The number of thiophene rings is 1.